The molecule has 0 saturated heterocycles. The van der Waals surface area contributed by atoms with Gasteiger partial charge in [-0.1, -0.05) is 49.0 Å². The summed E-state index contributed by atoms with van der Waals surface area (Å²) in [4.78, 5) is 0. The first-order chi connectivity index (χ1) is 13.1. The maximum Gasteiger partial charge on any atom is 0.143 e. The Morgan fingerprint density at radius 3 is 2.56 bits per heavy atom. The van der Waals surface area contributed by atoms with Crippen molar-refractivity contribution in [2.45, 2.75) is 6.92 Å². The highest BCUT2D eigenvalue weighted by Gasteiger charge is 2.22. The van der Waals surface area contributed by atoms with Crippen molar-refractivity contribution in [2.75, 3.05) is 0 Å². The smallest absolute Gasteiger partial charge is 0.143 e. The SMILES string of the molecule is C=c1ccc2c(c1)Oc1c(ccc3cc(O)ccc13)C=2c1ccccc1C. The topological polar surface area (TPSA) is 29.5 Å². The van der Waals surface area contributed by atoms with Crippen LogP contribution in [0, 0.1) is 6.92 Å². The van der Waals surface area contributed by atoms with Crippen molar-refractivity contribution < 1.29 is 9.84 Å². The largest absolute Gasteiger partial charge is 0.508 e. The molecule has 2 nitrogen and oxygen atoms in total. The van der Waals surface area contributed by atoms with Gasteiger partial charge < -0.3 is 9.84 Å². The highest BCUT2D eigenvalue weighted by atomic mass is 16.5. The summed E-state index contributed by atoms with van der Waals surface area (Å²) in [6.07, 6.45) is 0. The number of rotatable bonds is 1. The van der Waals surface area contributed by atoms with Crippen LogP contribution < -0.4 is 15.2 Å². The molecule has 1 heterocycles. The molecule has 1 aliphatic heterocycles. The van der Waals surface area contributed by atoms with Gasteiger partial charge in [0.15, 0.2) is 0 Å². The molecule has 0 amide bonds. The zero-order valence-corrected chi connectivity index (χ0v) is 15.0. The molecule has 1 aliphatic rings. The summed E-state index contributed by atoms with van der Waals surface area (Å²) < 4.78 is 6.36. The molecule has 0 radical (unpaired) electrons. The molecule has 0 atom stereocenters. The minimum Gasteiger partial charge on any atom is -0.508 e. The van der Waals surface area contributed by atoms with Gasteiger partial charge >= 0.3 is 0 Å². The highest BCUT2D eigenvalue weighted by molar-refractivity contribution is 5.98. The van der Waals surface area contributed by atoms with E-state index in [-0.39, 0.29) is 5.75 Å². The Kier molecular flexibility index (Phi) is 3.34. The van der Waals surface area contributed by atoms with E-state index in [1.807, 2.05) is 24.3 Å². The van der Waals surface area contributed by atoms with Gasteiger partial charge in [0.05, 0.1) is 0 Å². The third-order valence-electron chi connectivity index (χ3n) is 5.17. The number of hydrogen-bond donors (Lipinski definition) is 1. The number of ether oxygens (including phenoxy) is 1. The number of benzene rings is 4. The molecule has 2 heteroatoms. The van der Waals surface area contributed by atoms with Crippen LogP contribution in [0.1, 0.15) is 16.7 Å². The average Bonchev–Trinajstić information content (AvgIpc) is 2.66. The van der Waals surface area contributed by atoms with Crippen LogP contribution in [-0.4, -0.2) is 5.11 Å². The van der Waals surface area contributed by atoms with Gasteiger partial charge in [-0.25, -0.2) is 0 Å². The zero-order valence-electron chi connectivity index (χ0n) is 15.0. The number of phenolic OH excluding ortho intramolecular Hbond substituents is 1. The van der Waals surface area contributed by atoms with Crippen LogP contribution in [0.5, 0.6) is 17.2 Å². The minimum absolute atomic E-state index is 0.252. The molecule has 4 aromatic rings. The van der Waals surface area contributed by atoms with Crippen LogP contribution in [0.15, 0.2) is 72.8 Å². The van der Waals surface area contributed by atoms with Crippen LogP contribution in [0.3, 0.4) is 0 Å². The molecule has 4 aromatic carbocycles. The zero-order chi connectivity index (χ0) is 18.5. The average molecular weight is 350 g/mol. The van der Waals surface area contributed by atoms with Crippen LogP contribution in [0.4, 0.5) is 0 Å². The highest BCUT2D eigenvalue weighted by Crippen LogP contribution is 2.41. The standard InChI is InChI=1S/C25H18O2/c1-15-7-10-21-23(13-15)27-25-20-12-9-18(26)14-17(20)8-11-22(25)24(21)19-6-4-3-5-16(19)2/h3-14,26H,1H2,2H3. The molecule has 1 N–H and O–H groups in total. The second-order valence-electron chi connectivity index (χ2n) is 6.97. The van der Waals surface area contributed by atoms with Crippen LogP contribution in [0.25, 0.3) is 22.9 Å². The fraction of sp³-hybridized carbons (Fsp3) is 0.0400. The van der Waals surface area contributed by atoms with Gasteiger partial charge in [-0.2, -0.15) is 0 Å². The number of hydrogen-bond acceptors (Lipinski definition) is 2. The van der Waals surface area contributed by atoms with Crippen LogP contribution >= 0.6 is 0 Å². The molecule has 0 bridgehead atoms. The lowest BCUT2D eigenvalue weighted by atomic mass is 9.88. The van der Waals surface area contributed by atoms with E-state index in [1.165, 1.54) is 16.7 Å². The van der Waals surface area contributed by atoms with Gasteiger partial charge in [0.2, 0.25) is 0 Å². The maximum atomic E-state index is 9.84. The minimum atomic E-state index is 0.252. The first-order valence-electron chi connectivity index (χ1n) is 8.95. The van der Waals surface area contributed by atoms with Crippen molar-refractivity contribution in [1.82, 2.24) is 0 Å². The predicted octanol–water partition coefficient (Wildman–Crippen LogP) is 4.62. The van der Waals surface area contributed by atoms with Crippen molar-refractivity contribution in [3.63, 3.8) is 0 Å². The maximum absolute atomic E-state index is 9.84. The molecular weight excluding hydrogens is 332 g/mol. The lowest BCUT2D eigenvalue weighted by molar-refractivity contribution is 0.474. The number of aryl methyl sites for hydroxylation is 1. The Hall–Kier alpha value is -3.52. The Bertz CT molecular complexity index is 1330. The molecule has 0 saturated carbocycles. The summed E-state index contributed by atoms with van der Waals surface area (Å²) in [7, 11) is 0. The fourth-order valence-corrected chi connectivity index (χ4v) is 3.85. The fourth-order valence-electron chi connectivity index (χ4n) is 3.85. The Morgan fingerprint density at radius 2 is 1.70 bits per heavy atom. The molecule has 0 aliphatic carbocycles. The summed E-state index contributed by atoms with van der Waals surface area (Å²) in [5, 5.41) is 13.8. The molecular formula is C25H18O2. The van der Waals surface area contributed by atoms with Gasteiger partial charge in [0.1, 0.15) is 17.2 Å². The Morgan fingerprint density at radius 1 is 0.852 bits per heavy atom. The quantitative estimate of drug-likeness (QED) is 0.478. The van der Waals surface area contributed by atoms with Crippen LogP contribution in [-0.2, 0) is 0 Å². The lowest BCUT2D eigenvalue weighted by Gasteiger charge is -2.23. The number of aromatic hydroxyl groups is 1. The molecule has 0 spiro atoms. The van der Waals surface area contributed by atoms with Crippen molar-refractivity contribution in [3.8, 4) is 17.2 Å². The third kappa shape index (κ3) is 2.42. The summed E-state index contributed by atoms with van der Waals surface area (Å²) in [6, 6.07) is 24.0. The summed E-state index contributed by atoms with van der Waals surface area (Å²) in [5.74, 6) is 1.89. The van der Waals surface area contributed by atoms with Crippen molar-refractivity contribution in [3.05, 3.63) is 99.9 Å². The molecule has 27 heavy (non-hydrogen) atoms. The van der Waals surface area contributed by atoms with Gasteiger partial charge in [0, 0.05) is 21.7 Å². The normalized spacial score (nSPS) is 12.4. The molecule has 0 aromatic heterocycles. The predicted molar refractivity (Wildman–Crippen MR) is 110 cm³/mol. The van der Waals surface area contributed by atoms with E-state index in [1.54, 1.807) is 12.1 Å². The monoisotopic (exact) mass is 350 g/mol. The summed E-state index contributed by atoms with van der Waals surface area (Å²) in [6.45, 7) is 6.18. The summed E-state index contributed by atoms with van der Waals surface area (Å²) >= 11 is 0. The van der Waals surface area contributed by atoms with Crippen LogP contribution in [0.2, 0.25) is 0 Å². The van der Waals surface area contributed by atoms with Gasteiger partial charge in [-0.3, -0.25) is 0 Å². The second kappa shape index (κ2) is 5.75. The van der Waals surface area contributed by atoms with E-state index in [9.17, 15) is 5.11 Å². The van der Waals surface area contributed by atoms with E-state index in [0.29, 0.717) is 0 Å². The van der Waals surface area contributed by atoms with E-state index >= 15 is 0 Å². The van der Waals surface area contributed by atoms with Crippen molar-refractivity contribution in [2.24, 2.45) is 0 Å². The Labute approximate surface area is 157 Å². The molecule has 5 rings (SSSR count). The molecule has 0 fully saturated rings. The first-order valence-corrected chi connectivity index (χ1v) is 8.95. The second-order valence-corrected chi connectivity index (χ2v) is 6.97. The number of phenols is 1. The van der Waals surface area contributed by atoms with E-state index < -0.39 is 0 Å². The van der Waals surface area contributed by atoms with E-state index in [4.69, 9.17) is 4.74 Å². The number of fused-ring (bicyclic) bond motifs is 4. The van der Waals surface area contributed by atoms with Gasteiger partial charge in [-0.15, -0.1) is 0 Å². The summed E-state index contributed by atoms with van der Waals surface area (Å²) in [5.41, 5.74) is 4.64. The van der Waals surface area contributed by atoms with Crippen molar-refractivity contribution >= 4 is 22.9 Å². The van der Waals surface area contributed by atoms with Crippen molar-refractivity contribution in [1.29, 1.82) is 0 Å². The van der Waals surface area contributed by atoms with Gasteiger partial charge in [0.25, 0.3) is 0 Å². The third-order valence-corrected chi connectivity index (χ3v) is 5.17. The Balaban J connectivity index is 1.95. The molecule has 0 unspecified atom stereocenters. The lowest BCUT2D eigenvalue weighted by Crippen LogP contribution is -2.20. The molecule has 130 valence electrons. The van der Waals surface area contributed by atoms with Gasteiger partial charge in [-0.05, 0) is 59.0 Å². The van der Waals surface area contributed by atoms with E-state index in [2.05, 4.69) is 49.9 Å². The van der Waals surface area contributed by atoms with E-state index in [0.717, 1.165) is 38.3 Å². The first kappa shape index (κ1) is 15.7.